The quantitative estimate of drug-likeness (QED) is 0.820. The molecule has 0 aliphatic heterocycles. The first-order chi connectivity index (χ1) is 11.0. The van der Waals surface area contributed by atoms with Crippen LogP contribution in [-0.4, -0.2) is 35.1 Å². The van der Waals surface area contributed by atoms with Crippen molar-refractivity contribution in [2.75, 3.05) is 11.9 Å². The SMILES string of the molecule is CC(=O)c1cccc(NC(=O)CCN(C(C)=O)C2CCCC2)c1. The molecule has 0 atom stereocenters. The van der Waals surface area contributed by atoms with Gasteiger partial charge >= 0.3 is 0 Å². The van der Waals surface area contributed by atoms with Gasteiger partial charge in [0, 0.05) is 37.2 Å². The van der Waals surface area contributed by atoms with Gasteiger partial charge in [0.25, 0.3) is 0 Å². The Morgan fingerprint density at radius 3 is 2.48 bits per heavy atom. The molecule has 0 aromatic heterocycles. The Morgan fingerprint density at radius 1 is 1.17 bits per heavy atom. The highest BCUT2D eigenvalue weighted by Crippen LogP contribution is 2.23. The van der Waals surface area contributed by atoms with Crippen LogP contribution in [-0.2, 0) is 9.59 Å². The number of carbonyl (C=O) groups excluding carboxylic acids is 3. The minimum atomic E-state index is -0.144. The topological polar surface area (TPSA) is 66.5 Å². The summed E-state index contributed by atoms with van der Waals surface area (Å²) in [5, 5.41) is 2.79. The van der Waals surface area contributed by atoms with Crippen molar-refractivity contribution in [2.45, 2.75) is 52.0 Å². The number of amides is 2. The second kappa shape index (κ2) is 7.90. The molecule has 2 amide bonds. The van der Waals surface area contributed by atoms with Gasteiger partial charge in [0.15, 0.2) is 5.78 Å². The largest absolute Gasteiger partial charge is 0.339 e. The summed E-state index contributed by atoms with van der Waals surface area (Å²) in [4.78, 5) is 37.1. The Balaban J connectivity index is 1.89. The predicted molar refractivity (Wildman–Crippen MR) is 89.3 cm³/mol. The van der Waals surface area contributed by atoms with Crippen LogP contribution in [0.1, 0.15) is 56.3 Å². The van der Waals surface area contributed by atoms with E-state index in [9.17, 15) is 14.4 Å². The average molecular weight is 316 g/mol. The number of nitrogens with zero attached hydrogens (tertiary/aromatic N) is 1. The van der Waals surface area contributed by atoms with Gasteiger partial charge in [-0.15, -0.1) is 0 Å². The van der Waals surface area contributed by atoms with Gasteiger partial charge in [-0.25, -0.2) is 0 Å². The molecule has 0 heterocycles. The number of benzene rings is 1. The summed E-state index contributed by atoms with van der Waals surface area (Å²) in [5.41, 5.74) is 1.18. The molecule has 1 aliphatic carbocycles. The van der Waals surface area contributed by atoms with Crippen molar-refractivity contribution >= 4 is 23.3 Å². The van der Waals surface area contributed by atoms with Gasteiger partial charge in [0.1, 0.15) is 0 Å². The summed E-state index contributed by atoms with van der Waals surface area (Å²) in [6.07, 6.45) is 4.63. The standard InChI is InChI=1S/C18H24N2O3/c1-13(21)15-6-5-7-16(12-15)19-18(23)10-11-20(14(2)22)17-8-3-4-9-17/h5-7,12,17H,3-4,8-11H2,1-2H3,(H,19,23). The lowest BCUT2D eigenvalue weighted by atomic mass is 10.1. The van der Waals surface area contributed by atoms with Crippen LogP contribution in [0.4, 0.5) is 5.69 Å². The summed E-state index contributed by atoms with van der Waals surface area (Å²) in [6.45, 7) is 3.50. The normalized spacial score (nSPS) is 14.5. The third kappa shape index (κ3) is 4.91. The van der Waals surface area contributed by atoms with Crippen molar-refractivity contribution in [2.24, 2.45) is 0 Å². The van der Waals surface area contributed by atoms with Crippen LogP contribution in [0, 0.1) is 0 Å². The molecule has 5 nitrogen and oxygen atoms in total. The van der Waals surface area contributed by atoms with E-state index in [1.54, 1.807) is 31.2 Å². The maximum Gasteiger partial charge on any atom is 0.226 e. The lowest BCUT2D eigenvalue weighted by molar-refractivity contribution is -0.131. The van der Waals surface area contributed by atoms with E-state index in [-0.39, 0.29) is 30.1 Å². The molecule has 0 unspecified atom stereocenters. The monoisotopic (exact) mass is 316 g/mol. The highest BCUT2D eigenvalue weighted by Gasteiger charge is 2.24. The Kier molecular flexibility index (Phi) is 5.90. The van der Waals surface area contributed by atoms with Crippen LogP contribution in [0.2, 0.25) is 0 Å². The molecular formula is C18H24N2O3. The van der Waals surface area contributed by atoms with Crippen LogP contribution in [0.25, 0.3) is 0 Å². The fraction of sp³-hybridized carbons (Fsp3) is 0.500. The lowest BCUT2D eigenvalue weighted by Crippen LogP contribution is -2.39. The minimum absolute atomic E-state index is 0.0308. The van der Waals surface area contributed by atoms with E-state index < -0.39 is 0 Å². The number of nitrogens with one attached hydrogen (secondary N) is 1. The molecule has 0 bridgehead atoms. The van der Waals surface area contributed by atoms with E-state index >= 15 is 0 Å². The fourth-order valence-electron chi connectivity index (χ4n) is 3.07. The van der Waals surface area contributed by atoms with E-state index in [2.05, 4.69) is 5.32 Å². The molecule has 5 heteroatoms. The first-order valence-corrected chi connectivity index (χ1v) is 8.15. The number of Topliss-reactive ketones (excluding diaryl/α,β-unsaturated/α-hetero) is 1. The molecule has 2 rings (SSSR count). The summed E-state index contributed by atoms with van der Waals surface area (Å²) >= 11 is 0. The van der Waals surface area contributed by atoms with Gasteiger partial charge in [-0.1, -0.05) is 25.0 Å². The van der Waals surface area contributed by atoms with E-state index in [1.807, 2.05) is 4.90 Å². The third-order valence-corrected chi connectivity index (χ3v) is 4.30. The van der Waals surface area contributed by atoms with Crippen molar-refractivity contribution in [3.63, 3.8) is 0 Å². The molecule has 1 fully saturated rings. The van der Waals surface area contributed by atoms with E-state index in [4.69, 9.17) is 0 Å². The van der Waals surface area contributed by atoms with Gasteiger partial charge < -0.3 is 10.2 Å². The summed E-state index contributed by atoms with van der Waals surface area (Å²) < 4.78 is 0. The van der Waals surface area contributed by atoms with Crippen LogP contribution >= 0.6 is 0 Å². The third-order valence-electron chi connectivity index (χ3n) is 4.30. The first kappa shape index (κ1) is 17.2. The average Bonchev–Trinajstić information content (AvgIpc) is 3.01. The van der Waals surface area contributed by atoms with Crippen molar-refractivity contribution in [3.8, 4) is 0 Å². The van der Waals surface area contributed by atoms with Gasteiger partial charge in [0.2, 0.25) is 11.8 Å². The molecule has 1 aromatic carbocycles. The molecule has 0 spiro atoms. The highest BCUT2D eigenvalue weighted by atomic mass is 16.2. The van der Waals surface area contributed by atoms with Crippen molar-refractivity contribution in [1.82, 2.24) is 4.90 Å². The Bertz CT molecular complexity index is 592. The van der Waals surface area contributed by atoms with E-state index in [0.717, 1.165) is 25.7 Å². The van der Waals surface area contributed by atoms with Crippen LogP contribution < -0.4 is 5.32 Å². The molecule has 1 saturated carbocycles. The van der Waals surface area contributed by atoms with E-state index in [0.29, 0.717) is 17.8 Å². The number of hydrogen-bond acceptors (Lipinski definition) is 3. The van der Waals surface area contributed by atoms with E-state index in [1.165, 1.54) is 6.92 Å². The Hall–Kier alpha value is -2.17. The van der Waals surface area contributed by atoms with Crippen molar-refractivity contribution in [1.29, 1.82) is 0 Å². The zero-order valence-corrected chi connectivity index (χ0v) is 13.8. The predicted octanol–water partition coefficient (Wildman–Crippen LogP) is 3.01. The molecule has 1 aliphatic rings. The van der Waals surface area contributed by atoms with Crippen LogP contribution in [0.15, 0.2) is 24.3 Å². The van der Waals surface area contributed by atoms with Gasteiger partial charge in [-0.2, -0.15) is 0 Å². The highest BCUT2D eigenvalue weighted by molar-refractivity contribution is 5.97. The first-order valence-electron chi connectivity index (χ1n) is 8.15. The van der Waals surface area contributed by atoms with Crippen molar-refractivity contribution < 1.29 is 14.4 Å². The second-order valence-electron chi connectivity index (χ2n) is 6.09. The molecule has 1 N–H and O–H groups in total. The number of rotatable bonds is 6. The minimum Gasteiger partial charge on any atom is -0.339 e. The van der Waals surface area contributed by atoms with Crippen molar-refractivity contribution in [3.05, 3.63) is 29.8 Å². The molecular weight excluding hydrogens is 292 g/mol. The summed E-state index contributed by atoms with van der Waals surface area (Å²) in [5.74, 6) is -0.150. The van der Waals surface area contributed by atoms with Gasteiger partial charge in [0.05, 0.1) is 0 Å². The molecule has 124 valence electrons. The zero-order chi connectivity index (χ0) is 16.8. The summed E-state index contributed by atoms with van der Waals surface area (Å²) in [7, 11) is 0. The molecule has 1 aromatic rings. The van der Waals surface area contributed by atoms with Gasteiger partial charge in [-0.3, -0.25) is 14.4 Å². The van der Waals surface area contributed by atoms with Crippen LogP contribution in [0.5, 0.6) is 0 Å². The molecule has 0 saturated heterocycles. The fourth-order valence-corrected chi connectivity index (χ4v) is 3.07. The maximum absolute atomic E-state index is 12.1. The van der Waals surface area contributed by atoms with Gasteiger partial charge in [-0.05, 0) is 31.9 Å². The Morgan fingerprint density at radius 2 is 1.87 bits per heavy atom. The number of anilines is 1. The second-order valence-corrected chi connectivity index (χ2v) is 6.09. The zero-order valence-electron chi connectivity index (χ0n) is 13.8. The van der Waals surface area contributed by atoms with Crippen LogP contribution in [0.3, 0.4) is 0 Å². The lowest BCUT2D eigenvalue weighted by Gasteiger charge is -2.27. The molecule has 0 radical (unpaired) electrons. The summed E-state index contributed by atoms with van der Waals surface area (Å²) in [6, 6.07) is 7.16. The molecule has 23 heavy (non-hydrogen) atoms. The maximum atomic E-state index is 12.1. The number of hydrogen-bond donors (Lipinski definition) is 1. The smallest absolute Gasteiger partial charge is 0.226 e. The number of carbonyl (C=O) groups is 3. The number of ketones is 1. The Labute approximate surface area is 137 Å².